The zero-order valence-electron chi connectivity index (χ0n) is 17.3. The number of aryl methyl sites for hydroxylation is 1. The minimum Gasteiger partial charge on any atom is -0.370 e. The van der Waals surface area contributed by atoms with Crippen molar-refractivity contribution in [2.24, 2.45) is 0 Å². The highest BCUT2D eigenvalue weighted by Crippen LogP contribution is 2.54. The standard InChI is InChI=1S/C24H30N2O2S/c1-18-12-14-20(15-13-18)29(27,28)25-17-16-24-19(2)8-4-7-11-23(24)26(3)22-10-6-5-9-21(22)24/h5-6,9-10,12-15,23,25H,2,4,7-8,11,16-17H2,1,3H3/t23-,24-/m0/s1. The Labute approximate surface area is 174 Å². The maximum Gasteiger partial charge on any atom is 0.240 e. The Kier molecular flexibility index (Phi) is 5.30. The molecule has 1 fully saturated rings. The minimum atomic E-state index is -3.52. The molecule has 1 aliphatic heterocycles. The number of nitrogens with zero attached hydrogens (tertiary/aromatic N) is 1. The van der Waals surface area contributed by atoms with Crippen LogP contribution in [0.3, 0.4) is 0 Å². The first-order chi connectivity index (χ1) is 13.9. The van der Waals surface area contributed by atoms with E-state index in [9.17, 15) is 8.42 Å². The molecule has 0 amide bonds. The molecule has 0 saturated heterocycles. The number of fused-ring (bicyclic) bond motifs is 3. The number of hydrogen-bond donors (Lipinski definition) is 1. The van der Waals surface area contributed by atoms with Crippen molar-refractivity contribution >= 4 is 15.7 Å². The van der Waals surface area contributed by atoms with Crippen LogP contribution in [0.15, 0.2) is 65.6 Å². The minimum absolute atomic E-state index is 0.197. The van der Waals surface area contributed by atoms with E-state index in [1.54, 1.807) is 12.1 Å². The van der Waals surface area contributed by atoms with Gasteiger partial charge >= 0.3 is 0 Å². The van der Waals surface area contributed by atoms with Gasteiger partial charge in [-0.1, -0.05) is 54.5 Å². The molecule has 2 aliphatic rings. The van der Waals surface area contributed by atoms with E-state index < -0.39 is 10.0 Å². The van der Waals surface area contributed by atoms with E-state index in [-0.39, 0.29) is 5.41 Å². The Morgan fingerprint density at radius 1 is 1.14 bits per heavy atom. The average molecular weight is 411 g/mol. The van der Waals surface area contributed by atoms with Crippen LogP contribution in [-0.2, 0) is 15.4 Å². The molecule has 0 radical (unpaired) electrons. The largest absolute Gasteiger partial charge is 0.370 e. The summed E-state index contributed by atoms with van der Waals surface area (Å²) in [6.45, 7) is 6.85. The molecule has 0 bridgehead atoms. The van der Waals surface area contributed by atoms with Crippen molar-refractivity contribution in [1.82, 2.24) is 4.72 Å². The molecule has 29 heavy (non-hydrogen) atoms. The second-order valence-corrected chi connectivity index (χ2v) is 10.2. The van der Waals surface area contributed by atoms with E-state index in [1.807, 2.05) is 19.1 Å². The van der Waals surface area contributed by atoms with Gasteiger partial charge in [-0.05, 0) is 56.4 Å². The molecule has 1 aliphatic carbocycles. The van der Waals surface area contributed by atoms with E-state index in [0.717, 1.165) is 31.2 Å². The van der Waals surface area contributed by atoms with Gasteiger partial charge in [-0.2, -0.15) is 0 Å². The molecule has 2 aromatic rings. The first kappa shape index (κ1) is 20.2. The summed E-state index contributed by atoms with van der Waals surface area (Å²) in [4.78, 5) is 2.71. The molecule has 0 spiro atoms. The fraction of sp³-hybridized carbons (Fsp3) is 0.417. The number of rotatable bonds is 5. The van der Waals surface area contributed by atoms with Crippen molar-refractivity contribution in [3.63, 3.8) is 0 Å². The molecule has 0 aromatic heterocycles. The Hall–Kier alpha value is -2.11. The highest BCUT2D eigenvalue weighted by Gasteiger charge is 2.51. The van der Waals surface area contributed by atoms with Crippen LogP contribution in [0.5, 0.6) is 0 Å². The molecule has 1 N–H and O–H groups in total. The summed E-state index contributed by atoms with van der Waals surface area (Å²) >= 11 is 0. The van der Waals surface area contributed by atoms with Gasteiger partial charge in [0.05, 0.1) is 4.90 Å². The third kappa shape index (κ3) is 3.40. The molecule has 4 rings (SSSR count). The summed E-state index contributed by atoms with van der Waals surface area (Å²) in [5.41, 5.74) is 4.64. The fourth-order valence-electron chi connectivity index (χ4n) is 5.26. The number of sulfonamides is 1. The maximum atomic E-state index is 12.8. The number of anilines is 1. The van der Waals surface area contributed by atoms with Crippen LogP contribution >= 0.6 is 0 Å². The molecule has 5 heteroatoms. The van der Waals surface area contributed by atoms with E-state index in [2.05, 4.69) is 47.5 Å². The molecule has 1 heterocycles. The lowest BCUT2D eigenvalue weighted by Crippen LogP contribution is -2.45. The second-order valence-electron chi connectivity index (χ2n) is 8.43. The summed E-state index contributed by atoms with van der Waals surface area (Å²) in [7, 11) is -1.35. The predicted octanol–water partition coefficient (Wildman–Crippen LogP) is 4.55. The lowest BCUT2D eigenvalue weighted by Gasteiger charge is -2.39. The SMILES string of the molecule is C=C1CCCC[C@@H]2N(C)c3ccccc3[C@]12CCNS(=O)(=O)c1ccc(C)cc1. The summed E-state index contributed by atoms with van der Waals surface area (Å²) in [5.74, 6) is 0. The molecule has 4 nitrogen and oxygen atoms in total. The van der Waals surface area contributed by atoms with Gasteiger partial charge in [-0.3, -0.25) is 0 Å². The van der Waals surface area contributed by atoms with E-state index in [4.69, 9.17) is 0 Å². The van der Waals surface area contributed by atoms with Gasteiger partial charge in [0.15, 0.2) is 0 Å². The van der Waals surface area contributed by atoms with Crippen molar-refractivity contribution in [3.05, 3.63) is 71.8 Å². The quantitative estimate of drug-likeness (QED) is 0.736. The van der Waals surface area contributed by atoms with Crippen molar-refractivity contribution in [3.8, 4) is 0 Å². The monoisotopic (exact) mass is 410 g/mol. The number of nitrogens with one attached hydrogen (secondary N) is 1. The Balaban J connectivity index is 1.62. The zero-order chi connectivity index (χ0) is 20.6. The van der Waals surface area contributed by atoms with Crippen LogP contribution in [0.1, 0.15) is 43.2 Å². The molecule has 2 aromatic carbocycles. The summed E-state index contributed by atoms with van der Waals surface area (Å²) in [6.07, 6.45) is 5.17. The number of benzene rings is 2. The molecule has 1 saturated carbocycles. The van der Waals surface area contributed by atoms with Crippen LogP contribution < -0.4 is 9.62 Å². The zero-order valence-corrected chi connectivity index (χ0v) is 18.1. The van der Waals surface area contributed by atoms with Gasteiger partial charge in [0.2, 0.25) is 10.0 Å². The smallest absolute Gasteiger partial charge is 0.240 e. The third-order valence-corrected chi connectivity index (χ3v) is 8.26. The summed E-state index contributed by atoms with van der Waals surface area (Å²) in [6, 6.07) is 15.9. The second kappa shape index (κ2) is 7.62. The van der Waals surface area contributed by atoms with Gasteiger partial charge in [0.25, 0.3) is 0 Å². The van der Waals surface area contributed by atoms with Crippen LogP contribution in [0.4, 0.5) is 5.69 Å². The maximum absolute atomic E-state index is 12.8. The Morgan fingerprint density at radius 3 is 2.62 bits per heavy atom. The number of para-hydroxylation sites is 1. The predicted molar refractivity (Wildman–Crippen MR) is 119 cm³/mol. The third-order valence-electron chi connectivity index (χ3n) is 6.78. The van der Waals surface area contributed by atoms with Crippen LogP contribution in [0.2, 0.25) is 0 Å². The van der Waals surface area contributed by atoms with E-state index >= 15 is 0 Å². The normalized spacial score (nSPS) is 24.1. The number of hydrogen-bond acceptors (Lipinski definition) is 3. The summed E-state index contributed by atoms with van der Waals surface area (Å²) < 4.78 is 28.4. The van der Waals surface area contributed by atoms with E-state index in [1.165, 1.54) is 23.2 Å². The van der Waals surface area contributed by atoms with Crippen molar-refractivity contribution in [2.75, 3.05) is 18.5 Å². The van der Waals surface area contributed by atoms with Crippen molar-refractivity contribution in [1.29, 1.82) is 0 Å². The average Bonchev–Trinajstić information content (AvgIpc) is 2.82. The van der Waals surface area contributed by atoms with Gasteiger partial charge in [-0.25, -0.2) is 13.1 Å². The van der Waals surface area contributed by atoms with Crippen molar-refractivity contribution < 1.29 is 8.42 Å². The van der Waals surface area contributed by atoms with Gasteiger partial charge in [0.1, 0.15) is 0 Å². The molecular weight excluding hydrogens is 380 g/mol. The Bertz CT molecular complexity index is 1010. The first-order valence-electron chi connectivity index (χ1n) is 10.4. The fourth-order valence-corrected chi connectivity index (χ4v) is 6.29. The highest BCUT2D eigenvalue weighted by molar-refractivity contribution is 7.89. The van der Waals surface area contributed by atoms with Crippen molar-refractivity contribution in [2.45, 2.75) is 55.4 Å². The van der Waals surface area contributed by atoms with Crippen LogP contribution in [0, 0.1) is 6.92 Å². The van der Waals surface area contributed by atoms with Crippen LogP contribution in [0.25, 0.3) is 0 Å². The topological polar surface area (TPSA) is 49.4 Å². The molecule has 154 valence electrons. The Morgan fingerprint density at radius 2 is 1.86 bits per heavy atom. The van der Waals surface area contributed by atoms with Gasteiger partial charge in [0, 0.05) is 30.7 Å². The summed E-state index contributed by atoms with van der Waals surface area (Å²) in [5, 5.41) is 0. The van der Waals surface area contributed by atoms with Gasteiger partial charge in [-0.15, -0.1) is 0 Å². The van der Waals surface area contributed by atoms with E-state index in [0.29, 0.717) is 17.5 Å². The van der Waals surface area contributed by atoms with Crippen LogP contribution in [-0.4, -0.2) is 28.1 Å². The molecule has 2 atom stereocenters. The lowest BCUT2D eigenvalue weighted by molar-refractivity contribution is 0.380. The molecule has 0 unspecified atom stereocenters. The first-order valence-corrected chi connectivity index (χ1v) is 11.9. The lowest BCUT2D eigenvalue weighted by atomic mass is 9.68. The highest BCUT2D eigenvalue weighted by atomic mass is 32.2. The number of likely N-dealkylation sites (N-methyl/N-ethyl adjacent to an activating group) is 1. The van der Waals surface area contributed by atoms with Gasteiger partial charge < -0.3 is 4.90 Å². The molecular formula is C24H30N2O2S.